The van der Waals surface area contributed by atoms with E-state index in [-0.39, 0.29) is 23.4 Å². The molecule has 1 aliphatic heterocycles. The van der Waals surface area contributed by atoms with Gasteiger partial charge in [0, 0.05) is 18.5 Å². The minimum Gasteiger partial charge on any atom is -0.452 e. The second kappa shape index (κ2) is 8.56. The van der Waals surface area contributed by atoms with Crippen molar-refractivity contribution in [2.45, 2.75) is 12.8 Å². The van der Waals surface area contributed by atoms with Gasteiger partial charge >= 0.3 is 12.0 Å². The van der Waals surface area contributed by atoms with E-state index in [1.54, 1.807) is 41.3 Å². The molecule has 2 heterocycles. The molecule has 1 fully saturated rings. The molecule has 152 valence electrons. The Balaban J connectivity index is 1.36. The standard InChI is InChI=1S/C21H18N4O5/c26-17(22-21-24-23-19(30-21)14-7-2-1-3-8-14)13-29-20(28)15-9-4-5-10-16(15)25-12-6-11-18(25)27/h1-5,7-10H,6,11-13H2,(H,22,24,26). The van der Waals surface area contributed by atoms with E-state index in [1.165, 1.54) is 0 Å². The van der Waals surface area contributed by atoms with E-state index in [2.05, 4.69) is 15.5 Å². The zero-order valence-corrected chi connectivity index (χ0v) is 15.9. The van der Waals surface area contributed by atoms with Crippen LogP contribution >= 0.6 is 0 Å². The fourth-order valence-corrected chi connectivity index (χ4v) is 3.12. The number of benzene rings is 2. The summed E-state index contributed by atoms with van der Waals surface area (Å²) in [6.45, 7) is 0.00862. The molecule has 1 aromatic heterocycles. The topological polar surface area (TPSA) is 115 Å². The number of anilines is 2. The van der Waals surface area contributed by atoms with Gasteiger partial charge in [-0.15, -0.1) is 5.10 Å². The van der Waals surface area contributed by atoms with Gasteiger partial charge in [-0.25, -0.2) is 4.79 Å². The Hall–Kier alpha value is -4.01. The number of rotatable bonds is 6. The molecule has 30 heavy (non-hydrogen) atoms. The molecule has 2 amide bonds. The first-order valence-corrected chi connectivity index (χ1v) is 9.37. The number of amides is 2. The number of nitrogens with zero attached hydrogens (tertiary/aromatic N) is 3. The number of carbonyl (C=O) groups excluding carboxylic acids is 3. The third-order valence-corrected chi connectivity index (χ3v) is 4.51. The first-order chi connectivity index (χ1) is 14.6. The van der Waals surface area contributed by atoms with E-state index in [4.69, 9.17) is 9.15 Å². The quantitative estimate of drug-likeness (QED) is 0.626. The average Bonchev–Trinajstić information content (AvgIpc) is 3.41. The van der Waals surface area contributed by atoms with Crippen molar-refractivity contribution in [3.63, 3.8) is 0 Å². The molecule has 9 nitrogen and oxygen atoms in total. The van der Waals surface area contributed by atoms with Gasteiger partial charge in [-0.1, -0.05) is 35.4 Å². The Morgan fingerprint density at radius 3 is 2.60 bits per heavy atom. The van der Waals surface area contributed by atoms with E-state index in [1.807, 2.05) is 18.2 Å². The molecule has 0 aliphatic carbocycles. The van der Waals surface area contributed by atoms with Crippen molar-refractivity contribution in [1.82, 2.24) is 10.2 Å². The zero-order valence-electron chi connectivity index (χ0n) is 15.9. The van der Waals surface area contributed by atoms with Crippen LogP contribution in [0.15, 0.2) is 59.0 Å². The molecule has 4 rings (SSSR count). The Morgan fingerprint density at radius 2 is 1.83 bits per heavy atom. The predicted molar refractivity (Wildman–Crippen MR) is 107 cm³/mol. The average molecular weight is 406 g/mol. The lowest BCUT2D eigenvalue weighted by Crippen LogP contribution is -2.27. The highest BCUT2D eigenvalue weighted by Crippen LogP contribution is 2.26. The lowest BCUT2D eigenvalue weighted by Gasteiger charge is -2.18. The van der Waals surface area contributed by atoms with Gasteiger partial charge in [0.25, 0.3) is 5.91 Å². The molecule has 2 aromatic carbocycles. The highest BCUT2D eigenvalue weighted by atomic mass is 16.5. The van der Waals surface area contributed by atoms with Gasteiger partial charge in [0.1, 0.15) is 0 Å². The van der Waals surface area contributed by atoms with E-state index in [9.17, 15) is 14.4 Å². The third kappa shape index (κ3) is 4.19. The highest BCUT2D eigenvalue weighted by Gasteiger charge is 2.26. The fraction of sp³-hybridized carbons (Fsp3) is 0.190. The largest absolute Gasteiger partial charge is 0.452 e. The van der Waals surface area contributed by atoms with Crippen molar-refractivity contribution in [1.29, 1.82) is 0 Å². The zero-order chi connectivity index (χ0) is 20.9. The van der Waals surface area contributed by atoms with Crippen molar-refractivity contribution < 1.29 is 23.5 Å². The number of nitrogens with one attached hydrogen (secondary N) is 1. The van der Waals surface area contributed by atoms with Crippen LogP contribution in [-0.2, 0) is 14.3 Å². The molecule has 0 bridgehead atoms. The van der Waals surface area contributed by atoms with Crippen molar-refractivity contribution >= 4 is 29.5 Å². The highest BCUT2D eigenvalue weighted by molar-refractivity contribution is 6.04. The SMILES string of the molecule is O=C(COC(=O)c1ccccc1N1CCCC1=O)Nc1nnc(-c2ccccc2)o1. The fourth-order valence-electron chi connectivity index (χ4n) is 3.12. The maximum Gasteiger partial charge on any atom is 0.340 e. The summed E-state index contributed by atoms with van der Waals surface area (Å²) in [6.07, 6.45) is 1.18. The number of ether oxygens (including phenoxy) is 1. The minimum atomic E-state index is -0.698. The smallest absolute Gasteiger partial charge is 0.340 e. The number of hydrogen-bond acceptors (Lipinski definition) is 7. The number of carbonyl (C=O) groups is 3. The Morgan fingerprint density at radius 1 is 1.07 bits per heavy atom. The van der Waals surface area contributed by atoms with Gasteiger partial charge in [0.05, 0.1) is 11.3 Å². The minimum absolute atomic E-state index is 0.0430. The molecule has 0 radical (unpaired) electrons. The molecule has 3 aromatic rings. The summed E-state index contributed by atoms with van der Waals surface area (Å²) in [5.41, 5.74) is 1.42. The molecular weight excluding hydrogens is 388 g/mol. The van der Waals surface area contributed by atoms with Crippen LogP contribution in [0.3, 0.4) is 0 Å². The van der Waals surface area contributed by atoms with Crippen LogP contribution in [-0.4, -0.2) is 41.1 Å². The van der Waals surface area contributed by atoms with Crippen molar-refractivity contribution in [3.8, 4) is 11.5 Å². The molecule has 9 heteroatoms. The maximum absolute atomic E-state index is 12.5. The first kappa shape index (κ1) is 19.3. The van der Waals surface area contributed by atoms with Gasteiger partial charge in [0.2, 0.25) is 11.8 Å². The summed E-state index contributed by atoms with van der Waals surface area (Å²) in [6, 6.07) is 15.7. The lowest BCUT2D eigenvalue weighted by atomic mass is 10.1. The summed E-state index contributed by atoms with van der Waals surface area (Å²) in [5, 5.41) is 10.0. The van der Waals surface area contributed by atoms with Crippen LogP contribution in [0.4, 0.5) is 11.7 Å². The molecule has 1 aliphatic rings. The normalized spacial score (nSPS) is 13.3. The number of esters is 1. The number of para-hydroxylation sites is 1. The van der Waals surface area contributed by atoms with Crippen molar-refractivity contribution in [3.05, 3.63) is 60.2 Å². The molecule has 0 atom stereocenters. The van der Waals surface area contributed by atoms with Crippen LogP contribution in [0.25, 0.3) is 11.5 Å². The number of hydrogen-bond donors (Lipinski definition) is 1. The molecule has 0 spiro atoms. The van der Waals surface area contributed by atoms with Crippen LogP contribution in [0.1, 0.15) is 23.2 Å². The monoisotopic (exact) mass is 406 g/mol. The third-order valence-electron chi connectivity index (χ3n) is 4.51. The summed E-state index contributed by atoms with van der Waals surface area (Å²) >= 11 is 0. The molecule has 1 saturated heterocycles. The van der Waals surface area contributed by atoms with Gasteiger partial charge in [-0.3, -0.25) is 14.9 Å². The summed E-state index contributed by atoms with van der Waals surface area (Å²) in [5.74, 6) is -1.11. The van der Waals surface area contributed by atoms with E-state index in [0.29, 0.717) is 24.2 Å². The Kier molecular flexibility index (Phi) is 5.51. The van der Waals surface area contributed by atoms with E-state index < -0.39 is 18.5 Å². The second-order valence-corrected chi connectivity index (χ2v) is 6.57. The Bertz CT molecular complexity index is 1080. The van der Waals surface area contributed by atoms with E-state index in [0.717, 1.165) is 6.42 Å². The van der Waals surface area contributed by atoms with Crippen LogP contribution in [0, 0.1) is 0 Å². The molecule has 0 unspecified atom stereocenters. The van der Waals surface area contributed by atoms with Crippen molar-refractivity contribution in [2.75, 3.05) is 23.4 Å². The molecule has 0 saturated carbocycles. The van der Waals surface area contributed by atoms with E-state index >= 15 is 0 Å². The molecule has 1 N–H and O–H groups in total. The first-order valence-electron chi connectivity index (χ1n) is 9.37. The Labute approximate surface area is 171 Å². The van der Waals surface area contributed by atoms with Crippen LogP contribution in [0.2, 0.25) is 0 Å². The van der Waals surface area contributed by atoms with Gasteiger partial charge in [0.15, 0.2) is 6.61 Å². The summed E-state index contributed by atoms with van der Waals surface area (Å²) in [7, 11) is 0. The maximum atomic E-state index is 12.5. The molecular formula is C21H18N4O5. The van der Waals surface area contributed by atoms with Gasteiger partial charge in [-0.2, -0.15) is 0 Å². The lowest BCUT2D eigenvalue weighted by molar-refractivity contribution is -0.119. The van der Waals surface area contributed by atoms with Gasteiger partial charge in [-0.05, 0) is 30.7 Å². The van der Waals surface area contributed by atoms with Crippen LogP contribution < -0.4 is 10.2 Å². The summed E-state index contributed by atoms with van der Waals surface area (Å²) < 4.78 is 10.5. The summed E-state index contributed by atoms with van der Waals surface area (Å²) in [4.78, 5) is 38.2. The number of aromatic nitrogens is 2. The predicted octanol–water partition coefficient (Wildman–Crippen LogP) is 2.66. The van der Waals surface area contributed by atoms with Crippen molar-refractivity contribution in [2.24, 2.45) is 0 Å². The van der Waals surface area contributed by atoms with Gasteiger partial charge < -0.3 is 14.1 Å². The second-order valence-electron chi connectivity index (χ2n) is 6.57. The van der Waals surface area contributed by atoms with Crippen LogP contribution in [0.5, 0.6) is 0 Å².